The van der Waals surface area contributed by atoms with Crippen LogP contribution < -0.4 is 14.8 Å². The molecule has 1 fully saturated rings. The molecule has 0 unspecified atom stereocenters. The van der Waals surface area contributed by atoms with Gasteiger partial charge in [-0.2, -0.15) is 0 Å². The van der Waals surface area contributed by atoms with Crippen molar-refractivity contribution in [2.24, 2.45) is 0 Å². The number of nitrogens with one attached hydrogen (secondary N) is 1. The highest BCUT2D eigenvalue weighted by molar-refractivity contribution is 5.71. The average Bonchev–Trinajstić information content (AvgIpc) is 2.41. The summed E-state index contributed by atoms with van der Waals surface area (Å²) >= 11 is 0. The van der Waals surface area contributed by atoms with Crippen LogP contribution in [-0.2, 0) is 9.53 Å². The molecule has 0 bridgehead atoms. The van der Waals surface area contributed by atoms with Gasteiger partial charge in [-0.05, 0) is 17.7 Å². The summed E-state index contributed by atoms with van der Waals surface area (Å²) in [5.74, 6) is -3.61. The molecule has 1 aliphatic heterocycles. The lowest BCUT2D eigenvalue weighted by Crippen LogP contribution is -2.49. The number of cyclic esters (lactones) is 1. The quantitative estimate of drug-likeness (QED) is 0.683. The SMILES string of the molecule is COc1cc([C@H]2NC(=O)OCC2(F)F)ccc1OC(C)=O. The largest absolute Gasteiger partial charge is 0.493 e. The molecule has 6 nitrogen and oxygen atoms in total. The van der Waals surface area contributed by atoms with Crippen LogP contribution in [-0.4, -0.2) is 31.7 Å². The van der Waals surface area contributed by atoms with Crippen LogP contribution in [0.25, 0.3) is 0 Å². The smallest absolute Gasteiger partial charge is 0.408 e. The van der Waals surface area contributed by atoms with Gasteiger partial charge in [0.25, 0.3) is 0 Å². The normalized spacial score (nSPS) is 20.2. The van der Waals surface area contributed by atoms with E-state index in [4.69, 9.17) is 9.47 Å². The molecule has 1 saturated heterocycles. The molecule has 0 aromatic heterocycles. The van der Waals surface area contributed by atoms with Crippen molar-refractivity contribution >= 4 is 12.1 Å². The molecule has 0 spiro atoms. The van der Waals surface area contributed by atoms with Crippen molar-refractivity contribution in [1.29, 1.82) is 0 Å². The highest BCUT2D eigenvalue weighted by Gasteiger charge is 2.47. The third-order valence-electron chi connectivity index (χ3n) is 2.85. The van der Waals surface area contributed by atoms with E-state index < -0.39 is 30.6 Å². The Bertz CT molecular complexity index is 576. The van der Waals surface area contributed by atoms with Crippen molar-refractivity contribution in [2.45, 2.75) is 18.9 Å². The van der Waals surface area contributed by atoms with E-state index in [0.29, 0.717) is 0 Å². The fourth-order valence-corrected chi connectivity index (χ4v) is 1.94. The van der Waals surface area contributed by atoms with Crippen LogP contribution in [0.2, 0.25) is 0 Å². The molecule has 114 valence electrons. The maximum absolute atomic E-state index is 13.8. The Morgan fingerprint density at radius 2 is 2.14 bits per heavy atom. The molecular weight excluding hydrogens is 288 g/mol. The highest BCUT2D eigenvalue weighted by Crippen LogP contribution is 2.38. The second-order valence-corrected chi connectivity index (χ2v) is 4.42. The first-order valence-electron chi connectivity index (χ1n) is 6.01. The Kier molecular flexibility index (Phi) is 3.97. The molecule has 1 aromatic rings. The van der Waals surface area contributed by atoms with E-state index in [0.717, 1.165) is 0 Å². The summed E-state index contributed by atoms with van der Waals surface area (Å²) < 4.78 is 41.8. The second-order valence-electron chi connectivity index (χ2n) is 4.42. The van der Waals surface area contributed by atoms with E-state index in [1.54, 1.807) is 0 Å². The lowest BCUT2D eigenvalue weighted by Gasteiger charge is -2.32. The minimum absolute atomic E-state index is 0.107. The molecule has 1 aromatic carbocycles. The van der Waals surface area contributed by atoms with Gasteiger partial charge >= 0.3 is 18.0 Å². The van der Waals surface area contributed by atoms with E-state index in [9.17, 15) is 18.4 Å². The standard InChI is InChI=1S/C13H13F2NO5/c1-7(17)21-9-4-3-8(5-10(9)19-2)11-13(14,15)6-20-12(18)16-11/h3-5,11H,6H2,1-2H3,(H,16,18)/t11-/m1/s1. The minimum Gasteiger partial charge on any atom is -0.493 e. The lowest BCUT2D eigenvalue weighted by atomic mass is 9.99. The van der Waals surface area contributed by atoms with Gasteiger partial charge < -0.3 is 19.5 Å². The van der Waals surface area contributed by atoms with E-state index in [1.165, 1.54) is 32.2 Å². The molecule has 21 heavy (non-hydrogen) atoms. The molecule has 1 amide bonds. The summed E-state index contributed by atoms with van der Waals surface area (Å²) in [6.45, 7) is 0.206. The zero-order valence-corrected chi connectivity index (χ0v) is 11.3. The van der Waals surface area contributed by atoms with Crippen molar-refractivity contribution in [3.63, 3.8) is 0 Å². The number of ether oxygens (including phenoxy) is 3. The number of carbonyl (C=O) groups is 2. The van der Waals surface area contributed by atoms with Gasteiger partial charge in [-0.25, -0.2) is 13.6 Å². The van der Waals surface area contributed by atoms with Gasteiger partial charge in [0.1, 0.15) is 6.04 Å². The number of alkyl carbamates (subject to hydrolysis) is 1. The maximum atomic E-state index is 13.8. The second kappa shape index (κ2) is 5.55. The number of halogens is 2. The predicted octanol–water partition coefficient (Wildman–Crippen LogP) is 2.04. The van der Waals surface area contributed by atoms with E-state index in [1.807, 2.05) is 0 Å². The molecule has 8 heteroatoms. The zero-order valence-electron chi connectivity index (χ0n) is 11.3. The number of hydrogen-bond acceptors (Lipinski definition) is 5. The summed E-state index contributed by atoms with van der Waals surface area (Å²) in [6.07, 6.45) is -0.922. The molecule has 0 radical (unpaired) electrons. The Morgan fingerprint density at radius 3 is 2.76 bits per heavy atom. The zero-order chi connectivity index (χ0) is 15.6. The van der Waals surface area contributed by atoms with Crippen LogP contribution in [0.4, 0.5) is 13.6 Å². The number of alkyl halides is 2. The average molecular weight is 301 g/mol. The number of hydrogen-bond donors (Lipinski definition) is 1. The Morgan fingerprint density at radius 1 is 1.43 bits per heavy atom. The Hall–Kier alpha value is -2.38. The summed E-state index contributed by atoms with van der Waals surface area (Å²) in [4.78, 5) is 22.1. The van der Waals surface area contributed by atoms with Crippen LogP contribution in [0.15, 0.2) is 18.2 Å². The first kappa shape index (κ1) is 15.0. The van der Waals surface area contributed by atoms with Crippen LogP contribution in [0.1, 0.15) is 18.5 Å². The van der Waals surface area contributed by atoms with Crippen LogP contribution in [0, 0.1) is 0 Å². The van der Waals surface area contributed by atoms with E-state index in [-0.39, 0.29) is 17.1 Å². The highest BCUT2D eigenvalue weighted by atomic mass is 19.3. The molecule has 1 atom stereocenters. The first-order valence-corrected chi connectivity index (χ1v) is 6.01. The van der Waals surface area contributed by atoms with Crippen molar-refractivity contribution in [3.8, 4) is 11.5 Å². The Balaban J connectivity index is 2.35. The maximum Gasteiger partial charge on any atom is 0.408 e. The topological polar surface area (TPSA) is 73.9 Å². The van der Waals surface area contributed by atoms with Gasteiger partial charge in [0.15, 0.2) is 18.1 Å². The van der Waals surface area contributed by atoms with Crippen molar-refractivity contribution < 1.29 is 32.6 Å². The number of benzene rings is 1. The number of rotatable bonds is 3. The van der Waals surface area contributed by atoms with Crippen molar-refractivity contribution in [1.82, 2.24) is 5.32 Å². The van der Waals surface area contributed by atoms with Crippen LogP contribution >= 0.6 is 0 Å². The van der Waals surface area contributed by atoms with Crippen LogP contribution in [0.3, 0.4) is 0 Å². The Labute approximate surface area is 119 Å². The van der Waals surface area contributed by atoms with Gasteiger partial charge in [0.2, 0.25) is 0 Å². The van der Waals surface area contributed by atoms with Crippen molar-refractivity contribution in [3.05, 3.63) is 23.8 Å². The van der Waals surface area contributed by atoms with Gasteiger partial charge in [-0.15, -0.1) is 0 Å². The van der Waals surface area contributed by atoms with Gasteiger partial charge in [0.05, 0.1) is 7.11 Å². The third-order valence-corrected chi connectivity index (χ3v) is 2.85. The van der Waals surface area contributed by atoms with Gasteiger partial charge in [-0.3, -0.25) is 4.79 Å². The first-order chi connectivity index (χ1) is 9.83. The molecule has 0 saturated carbocycles. The summed E-state index contributed by atoms with van der Waals surface area (Å²) in [7, 11) is 1.31. The summed E-state index contributed by atoms with van der Waals surface area (Å²) in [5.41, 5.74) is 0.115. The van der Waals surface area contributed by atoms with Crippen LogP contribution in [0.5, 0.6) is 11.5 Å². The molecule has 1 N–H and O–H groups in total. The molecule has 1 aliphatic rings. The summed E-state index contributed by atoms with van der Waals surface area (Å²) in [6, 6.07) is 2.39. The van der Waals surface area contributed by atoms with Crippen molar-refractivity contribution in [2.75, 3.05) is 13.7 Å². The molecular formula is C13H13F2NO5. The molecule has 2 rings (SSSR count). The minimum atomic E-state index is -3.26. The predicted molar refractivity (Wildman–Crippen MR) is 66.5 cm³/mol. The van der Waals surface area contributed by atoms with E-state index in [2.05, 4.69) is 10.1 Å². The molecule has 1 heterocycles. The fraction of sp³-hybridized carbons (Fsp3) is 0.385. The number of methoxy groups -OCH3 is 1. The molecule has 0 aliphatic carbocycles. The number of esters is 1. The fourth-order valence-electron chi connectivity index (χ4n) is 1.94. The monoisotopic (exact) mass is 301 g/mol. The van der Waals surface area contributed by atoms with Gasteiger partial charge in [-0.1, -0.05) is 6.07 Å². The lowest BCUT2D eigenvalue weighted by molar-refractivity contribution is -0.132. The summed E-state index contributed by atoms with van der Waals surface area (Å²) in [5, 5.41) is 2.06. The van der Waals surface area contributed by atoms with E-state index >= 15 is 0 Å². The number of carbonyl (C=O) groups excluding carboxylic acids is 2. The van der Waals surface area contributed by atoms with Gasteiger partial charge in [0, 0.05) is 6.92 Å². The number of amides is 1. The third kappa shape index (κ3) is 3.21.